The van der Waals surface area contributed by atoms with Crippen molar-refractivity contribution >= 4 is 11.6 Å². The number of hydrogen-bond acceptors (Lipinski definition) is 3. The molecule has 0 atom stereocenters. The Hall–Kier alpha value is -1.91. The molecule has 1 fully saturated rings. The van der Waals surface area contributed by atoms with E-state index in [0.29, 0.717) is 12.1 Å². The minimum atomic E-state index is -0.486. The summed E-state index contributed by atoms with van der Waals surface area (Å²) in [5.74, 6) is 0.579. The van der Waals surface area contributed by atoms with Crippen molar-refractivity contribution in [3.8, 4) is 0 Å². The standard InChI is InChI=1S/C16H22N2O3/c19-16(14-9-4-10-15(12-14)18(20)21)17-11-5-8-13-6-2-1-3-7-13/h4,9-10,12-13H,1-3,5-8,11H2,(H,17,19). The average Bonchev–Trinajstić information content (AvgIpc) is 2.52. The SMILES string of the molecule is O=C(NCCCC1CCCCC1)c1cccc([N+](=O)[O-])c1. The van der Waals surface area contributed by atoms with Crippen molar-refractivity contribution in [3.05, 3.63) is 39.9 Å². The van der Waals surface area contributed by atoms with Gasteiger partial charge in [-0.1, -0.05) is 38.2 Å². The summed E-state index contributed by atoms with van der Waals surface area (Å²) in [6.07, 6.45) is 8.81. The molecule has 5 heteroatoms. The second-order valence-corrected chi connectivity index (χ2v) is 5.71. The number of carbonyl (C=O) groups is 1. The normalized spacial score (nSPS) is 15.6. The first-order chi connectivity index (χ1) is 10.2. The molecule has 1 aliphatic carbocycles. The Balaban J connectivity index is 1.74. The number of rotatable bonds is 6. The lowest BCUT2D eigenvalue weighted by molar-refractivity contribution is -0.384. The molecule has 0 saturated heterocycles. The highest BCUT2D eigenvalue weighted by molar-refractivity contribution is 5.94. The fourth-order valence-electron chi connectivity index (χ4n) is 2.93. The lowest BCUT2D eigenvalue weighted by Crippen LogP contribution is -2.25. The number of amides is 1. The van der Waals surface area contributed by atoms with Gasteiger partial charge in [-0.2, -0.15) is 0 Å². The molecule has 5 nitrogen and oxygen atoms in total. The third-order valence-electron chi connectivity index (χ3n) is 4.12. The van der Waals surface area contributed by atoms with Crippen LogP contribution in [0.4, 0.5) is 5.69 Å². The smallest absolute Gasteiger partial charge is 0.270 e. The molecule has 1 aromatic rings. The van der Waals surface area contributed by atoms with Gasteiger partial charge in [-0.05, 0) is 24.8 Å². The molecule has 0 bridgehead atoms. The number of carbonyl (C=O) groups excluding carboxylic acids is 1. The third kappa shape index (κ3) is 4.85. The summed E-state index contributed by atoms with van der Waals surface area (Å²) in [6.45, 7) is 0.637. The lowest BCUT2D eigenvalue weighted by atomic mass is 9.86. The highest BCUT2D eigenvalue weighted by Crippen LogP contribution is 2.26. The first-order valence-corrected chi connectivity index (χ1v) is 7.69. The lowest BCUT2D eigenvalue weighted by Gasteiger charge is -2.21. The maximum Gasteiger partial charge on any atom is 0.270 e. The van der Waals surface area contributed by atoms with Crippen LogP contribution in [-0.4, -0.2) is 17.4 Å². The zero-order chi connectivity index (χ0) is 15.1. The van der Waals surface area contributed by atoms with Crippen molar-refractivity contribution < 1.29 is 9.72 Å². The maximum atomic E-state index is 11.9. The van der Waals surface area contributed by atoms with Gasteiger partial charge in [0.2, 0.25) is 0 Å². The van der Waals surface area contributed by atoms with E-state index in [1.165, 1.54) is 50.3 Å². The van der Waals surface area contributed by atoms with Crippen LogP contribution in [0, 0.1) is 16.0 Å². The fourth-order valence-corrected chi connectivity index (χ4v) is 2.93. The minimum absolute atomic E-state index is 0.0511. The number of nitrogens with one attached hydrogen (secondary N) is 1. The van der Waals surface area contributed by atoms with Crippen LogP contribution < -0.4 is 5.32 Å². The van der Waals surface area contributed by atoms with Crippen molar-refractivity contribution in [2.24, 2.45) is 5.92 Å². The van der Waals surface area contributed by atoms with Crippen LogP contribution >= 0.6 is 0 Å². The molecular formula is C16H22N2O3. The molecule has 0 unspecified atom stereocenters. The second kappa shape index (κ2) is 7.76. The number of hydrogen-bond donors (Lipinski definition) is 1. The molecule has 1 aromatic carbocycles. The van der Waals surface area contributed by atoms with Gasteiger partial charge in [0, 0.05) is 24.2 Å². The Kier molecular flexibility index (Phi) is 5.72. The van der Waals surface area contributed by atoms with E-state index in [-0.39, 0.29) is 11.6 Å². The van der Waals surface area contributed by atoms with Gasteiger partial charge in [0.1, 0.15) is 0 Å². The molecule has 21 heavy (non-hydrogen) atoms. The van der Waals surface area contributed by atoms with Crippen molar-refractivity contribution in [3.63, 3.8) is 0 Å². The molecule has 1 amide bonds. The van der Waals surface area contributed by atoms with E-state index >= 15 is 0 Å². The molecule has 0 heterocycles. The molecule has 1 aliphatic rings. The Morgan fingerprint density at radius 1 is 1.29 bits per heavy atom. The summed E-state index contributed by atoms with van der Waals surface area (Å²) in [7, 11) is 0. The fraction of sp³-hybridized carbons (Fsp3) is 0.562. The van der Waals surface area contributed by atoms with Crippen LogP contribution in [0.5, 0.6) is 0 Å². The Morgan fingerprint density at radius 3 is 2.76 bits per heavy atom. The first-order valence-electron chi connectivity index (χ1n) is 7.69. The molecule has 0 aliphatic heterocycles. The van der Waals surface area contributed by atoms with Crippen molar-refractivity contribution in [1.82, 2.24) is 5.32 Å². The van der Waals surface area contributed by atoms with Crippen molar-refractivity contribution in [1.29, 1.82) is 0 Å². The Labute approximate surface area is 124 Å². The summed E-state index contributed by atoms with van der Waals surface area (Å²) in [4.78, 5) is 22.1. The molecule has 2 rings (SSSR count). The van der Waals surface area contributed by atoms with Crippen LogP contribution in [0.15, 0.2) is 24.3 Å². The Morgan fingerprint density at radius 2 is 2.05 bits per heavy atom. The predicted octanol–water partition coefficient (Wildman–Crippen LogP) is 3.69. The summed E-state index contributed by atoms with van der Waals surface area (Å²) in [5, 5.41) is 13.5. The van der Waals surface area contributed by atoms with E-state index < -0.39 is 4.92 Å². The van der Waals surface area contributed by atoms with E-state index in [1.807, 2.05) is 0 Å². The predicted molar refractivity (Wildman–Crippen MR) is 81.2 cm³/mol. The van der Waals surface area contributed by atoms with Gasteiger partial charge in [0.05, 0.1) is 4.92 Å². The van der Waals surface area contributed by atoms with Gasteiger partial charge < -0.3 is 5.32 Å². The van der Waals surface area contributed by atoms with Gasteiger partial charge in [-0.15, -0.1) is 0 Å². The Bertz CT molecular complexity index is 496. The molecule has 1 saturated carbocycles. The average molecular weight is 290 g/mol. The third-order valence-corrected chi connectivity index (χ3v) is 4.12. The quantitative estimate of drug-likeness (QED) is 0.493. The zero-order valence-electron chi connectivity index (χ0n) is 12.2. The van der Waals surface area contributed by atoms with E-state index in [9.17, 15) is 14.9 Å². The number of non-ortho nitro benzene ring substituents is 1. The number of benzene rings is 1. The van der Waals surface area contributed by atoms with Crippen LogP contribution in [-0.2, 0) is 0 Å². The highest BCUT2D eigenvalue weighted by atomic mass is 16.6. The highest BCUT2D eigenvalue weighted by Gasteiger charge is 2.14. The van der Waals surface area contributed by atoms with Crippen LogP contribution in [0.25, 0.3) is 0 Å². The van der Waals surface area contributed by atoms with Crippen molar-refractivity contribution in [2.75, 3.05) is 6.54 Å². The van der Waals surface area contributed by atoms with Crippen LogP contribution in [0.3, 0.4) is 0 Å². The summed E-state index contributed by atoms with van der Waals surface area (Å²) in [6, 6.07) is 5.84. The van der Waals surface area contributed by atoms with Crippen LogP contribution in [0.2, 0.25) is 0 Å². The van der Waals surface area contributed by atoms with Gasteiger partial charge >= 0.3 is 0 Å². The summed E-state index contributed by atoms with van der Waals surface area (Å²) < 4.78 is 0. The zero-order valence-corrected chi connectivity index (χ0v) is 12.2. The van der Waals surface area contributed by atoms with E-state index in [0.717, 1.165) is 18.8 Å². The maximum absolute atomic E-state index is 11.9. The largest absolute Gasteiger partial charge is 0.352 e. The molecule has 0 aromatic heterocycles. The molecule has 0 spiro atoms. The van der Waals surface area contributed by atoms with Gasteiger partial charge in [-0.3, -0.25) is 14.9 Å². The van der Waals surface area contributed by atoms with E-state index in [1.54, 1.807) is 6.07 Å². The van der Waals surface area contributed by atoms with Crippen molar-refractivity contribution in [2.45, 2.75) is 44.9 Å². The summed E-state index contributed by atoms with van der Waals surface area (Å²) in [5.41, 5.74) is 0.298. The van der Waals surface area contributed by atoms with Gasteiger partial charge in [0.15, 0.2) is 0 Å². The van der Waals surface area contributed by atoms with Gasteiger partial charge in [-0.25, -0.2) is 0 Å². The molecule has 1 N–H and O–H groups in total. The molecule has 114 valence electrons. The first kappa shape index (κ1) is 15.5. The second-order valence-electron chi connectivity index (χ2n) is 5.71. The van der Waals surface area contributed by atoms with Gasteiger partial charge in [0.25, 0.3) is 11.6 Å². The monoisotopic (exact) mass is 290 g/mol. The number of nitro benzene ring substituents is 1. The summed E-state index contributed by atoms with van der Waals surface area (Å²) >= 11 is 0. The number of nitro groups is 1. The van der Waals surface area contributed by atoms with E-state index in [4.69, 9.17) is 0 Å². The van der Waals surface area contributed by atoms with E-state index in [2.05, 4.69) is 5.32 Å². The molecule has 0 radical (unpaired) electrons. The molecular weight excluding hydrogens is 268 g/mol. The van der Waals surface area contributed by atoms with Crippen LogP contribution in [0.1, 0.15) is 55.3 Å². The number of nitrogens with zero attached hydrogens (tertiary/aromatic N) is 1. The minimum Gasteiger partial charge on any atom is -0.352 e. The topological polar surface area (TPSA) is 72.2 Å².